The second-order valence-electron chi connectivity index (χ2n) is 2.35. The van der Waals surface area contributed by atoms with Gasteiger partial charge in [0, 0.05) is 0 Å². The van der Waals surface area contributed by atoms with E-state index in [4.69, 9.17) is 20.3 Å². The summed E-state index contributed by atoms with van der Waals surface area (Å²) in [7, 11) is 0. The summed E-state index contributed by atoms with van der Waals surface area (Å²) in [5, 5.41) is 0. The van der Waals surface area contributed by atoms with Gasteiger partial charge in [0.05, 0.1) is 0 Å². The fraction of sp³-hybridized carbons (Fsp3) is 0.100. The number of allylic oxidation sites excluding steroid dienone is 1. The Hall–Kier alpha value is -0.586. The van der Waals surface area contributed by atoms with E-state index < -0.39 is 0 Å². The molecule has 1 aromatic carbocycles. The van der Waals surface area contributed by atoms with Crippen molar-refractivity contribution >= 4 is 12.9 Å². The van der Waals surface area contributed by atoms with Crippen molar-refractivity contribution in [1.82, 2.24) is 0 Å². The van der Waals surface area contributed by atoms with Gasteiger partial charge >= 0.3 is 67.9 Å². The first-order chi connectivity index (χ1) is 5.88. The SMILES string of the molecule is [C]=O.[Cl-].[Ni+][CH]1C=Cc2ccccc21. The molecule has 2 rings (SSSR count). The number of halogens is 1. The summed E-state index contributed by atoms with van der Waals surface area (Å²) in [6.45, 7) is 4.50. The Bertz CT molecular complexity index is 299. The molecule has 1 atom stereocenters. The van der Waals surface area contributed by atoms with E-state index in [1.54, 1.807) is 0 Å². The van der Waals surface area contributed by atoms with Crippen LogP contribution in [0.15, 0.2) is 30.3 Å². The number of benzene rings is 1. The molecule has 1 aliphatic carbocycles. The molecule has 0 fully saturated rings. The molecular weight excluding hydrogens is 230 g/mol. The summed E-state index contributed by atoms with van der Waals surface area (Å²) in [6.07, 6.45) is 4.17. The molecule has 0 heterocycles. The van der Waals surface area contributed by atoms with Gasteiger partial charge in [-0.25, -0.2) is 0 Å². The molecule has 0 amide bonds. The Kier molecular flexibility index (Phi) is 5.69. The Balaban J connectivity index is 0.000000451. The van der Waals surface area contributed by atoms with Crippen molar-refractivity contribution in [2.75, 3.05) is 0 Å². The minimum absolute atomic E-state index is 0. The van der Waals surface area contributed by atoms with Crippen molar-refractivity contribution in [3.05, 3.63) is 41.5 Å². The van der Waals surface area contributed by atoms with Crippen LogP contribution in [0.4, 0.5) is 0 Å². The predicted molar refractivity (Wildman–Crippen MR) is 43.9 cm³/mol. The van der Waals surface area contributed by atoms with Crippen LogP contribution >= 0.6 is 0 Å². The van der Waals surface area contributed by atoms with E-state index in [2.05, 4.69) is 31.1 Å². The van der Waals surface area contributed by atoms with Gasteiger partial charge in [-0.1, -0.05) is 0 Å². The number of hydrogen-bond acceptors (Lipinski definition) is 1. The number of fused-ring (bicyclic) bond motifs is 1. The second kappa shape index (κ2) is 5.96. The molecule has 2 radical (unpaired) electrons. The summed E-state index contributed by atoms with van der Waals surface area (Å²) < 4.78 is 0. The minimum atomic E-state index is 0. The van der Waals surface area contributed by atoms with Crippen LogP contribution in [-0.2, 0) is 20.3 Å². The molecule has 1 aliphatic rings. The molecule has 0 aromatic heterocycles. The Labute approximate surface area is 92.0 Å². The van der Waals surface area contributed by atoms with Gasteiger partial charge in [0.15, 0.2) is 0 Å². The Morgan fingerprint density at radius 2 is 1.85 bits per heavy atom. The fourth-order valence-electron chi connectivity index (χ4n) is 1.18. The van der Waals surface area contributed by atoms with Gasteiger partial charge < -0.3 is 12.4 Å². The zero-order valence-electron chi connectivity index (χ0n) is 6.64. The van der Waals surface area contributed by atoms with E-state index in [1.165, 1.54) is 11.1 Å². The summed E-state index contributed by atoms with van der Waals surface area (Å²) in [5.74, 6) is 0. The molecule has 1 nitrogen and oxygen atoms in total. The zero-order chi connectivity index (χ0) is 8.97. The van der Waals surface area contributed by atoms with E-state index in [-0.39, 0.29) is 17.3 Å². The van der Waals surface area contributed by atoms with Crippen molar-refractivity contribution in [2.45, 2.75) is 4.89 Å². The van der Waals surface area contributed by atoms with Gasteiger partial charge in [0.25, 0.3) is 6.79 Å². The molecule has 0 aliphatic heterocycles. The van der Waals surface area contributed by atoms with Crippen LogP contribution in [0.5, 0.6) is 0 Å². The van der Waals surface area contributed by atoms with E-state index in [9.17, 15) is 0 Å². The van der Waals surface area contributed by atoms with Crippen molar-refractivity contribution < 1.29 is 32.7 Å². The molecule has 0 N–H and O–H groups in total. The van der Waals surface area contributed by atoms with Crippen LogP contribution in [0.25, 0.3) is 6.08 Å². The molecule has 3 heteroatoms. The second-order valence-corrected chi connectivity index (χ2v) is 2.97. The average Bonchev–Trinajstić information content (AvgIpc) is 2.53. The van der Waals surface area contributed by atoms with Gasteiger partial charge in [0.1, 0.15) is 0 Å². The first kappa shape index (κ1) is 12.4. The molecule has 1 unspecified atom stereocenters. The zero-order valence-corrected chi connectivity index (χ0v) is 8.39. The van der Waals surface area contributed by atoms with Crippen molar-refractivity contribution in [1.29, 1.82) is 0 Å². The number of rotatable bonds is 0. The van der Waals surface area contributed by atoms with Crippen LogP contribution in [0.3, 0.4) is 0 Å². The molecule has 70 valence electrons. The van der Waals surface area contributed by atoms with Crippen LogP contribution in [0.2, 0.25) is 0 Å². The van der Waals surface area contributed by atoms with Crippen LogP contribution in [-0.4, -0.2) is 6.79 Å². The maximum atomic E-state index is 7.50. The average molecular weight is 237 g/mol. The van der Waals surface area contributed by atoms with E-state index in [1.807, 2.05) is 12.1 Å². The number of carbonyl (C=O) groups excluding carboxylic acids is 1. The third-order valence-electron chi connectivity index (χ3n) is 1.71. The summed E-state index contributed by atoms with van der Waals surface area (Å²) in [5.41, 5.74) is 2.58. The molecule has 1 aromatic rings. The van der Waals surface area contributed by atoms with Crippen LogP contribution in [0, 0.1) is 0 Å². The van der Waals surface area contributed by atoms with Gasteiger partial charge in [-0.15, -0.1) is 0 Å². The van der Waals surface area contributed by atoms with E-state index >= 15 is 0 Å². The third-order valence-corrected chi connectivity index (χ3v) is 2.20. The van der Waals surface area contributed by atoms with E-state index in [0.717, 1.165) is 0 Å². The van der Waals surface area contributed by atoms with Gasteiger partial charge in [-0.05, 0) is 0 Å². The topological polar surface area (TPSA) is 17.1 Å². The van der Waals surface area contributed by atoms with Gasteiger partial charge in [0.2, 0.25) is 0 Å². The predicted octanol–water partition coefficient (Wildman–Crippen LogP) is -1.09. The maximum absolute atomic E-state index is 7.50. The first-order valence-corrected chi connectivity index (χ1v) is 4.03. The van der Waals surface area contributed by atoms with Crippen molar-refractivity contribution in [3.63, 3.8) is 0 Å². The first-order valence-electron chi connectivity index (χ1n) is 3.46. The molecule has 13 heavy (non-hydrogen) atoms. The standard InChI is InChI=1S/C9H7.CO.ClH.Ni/c1-2-5-9-7-3-6-8(9)4-1;1-2;;/h1-7H;;1H;/q;;;+1/p-1. The van der Waals surface area contributed by atoms with Gasteiger partial charge in [-0.2, -0.15) is 0 Å². The summed E-state index contributed by atoms with van der Waals surface area (Å²) in [4.78, 5) is 7.75. The molecule has 0 spiro atoms. The van der Waals surface area contributed by atoms with Crippen LogP contribution in [0.1, 0.15) is 16.0 Å². The fourth-order valence-corrected chi connectivity index (χ4v) is 1.54. The Morgan fingerprint density at radius 1 is 1.23 bits per heavy atom. The van der Waals surface area contributed by atoms with Crippen LogP contribution < -0.4 is 12.4 Å². The number of hydrogen-bond donors (Lipinski definition) is 0. The van der Waals surface area contributed by atoms with Crippen molar-refractivity contribution in [2.24, 2.45) is 0 Å². The van der Waals surface area contributed by atoms with Crippen molar-refractivity contribution in [3.8, 4) is 0 Å². The van der Waals surface area contributed by atoms with Gasteiger partial charge in [-0.3, -0.25) is 4.79 Å². The quantitative estimate of drug-likeness (QED) is 0.524. The molecule has 0 bridgehead atoms. The summed E-state index contributed by atoms with van der Waals surface area (Å²) in [6, 6.07) is 8.29. The third kappa shape index (κ3) is 2.68. The molecular formula is C10H7ClNiO. The monoisotopic (exact) mass is 236 g/mol. The molecule has 0 saturated heterocycles. The summed E-state index contributed by atoms with van der Waals surface area (Å²) >= 11 is 4.88. The normalized spacial score (nSPS) is 16.6. The van der Waals surface area contributed by atoms with E-state index in [0.29, 0.717) is 0 Å². The molecule has 0 saturated carbocycles. The Morgan fingerprint density at radius 3 is 2.46 bits per heavy atom.